The lowest BCUT2D eigenvalue weighted by Gasteiger charge is -2.22. The minimum absolute atomic E-state index is 0.468. The molecule has 2 aromatic heterocycles. The summed E-state index contributed by atoms with van der Waals surface area (Å²) in [5.74, 6) is 0.844. The lowest BCUT2D eigenvalue weighted by atomic mass is 9.89. The normalized spacial score (nSPS) is 16.3. The highest BCUT2D eigenvalue weighted by Gasteiger charge is 2.20. The maximum absolute atomic E-state index is 9.61. The molecule has 5 nitrogen and oxygen atoms in total. The Morgan fingerprint density at radius 1 is 1.25 bits per heavy atom. The van der Waals surface area contributed by atoms with Crippen molar-refractivity contribution in [2.45, 2.75) is 44.9 Å². The van der Waals surface area contributed by atoms with Gasteiger partial charge >= 0.3 is 0 Å². The van der Waals surface area contributed by atoms with E-state index in [9.17, 15) is 5.26 Å². The van der Waals surface area contributed by atoms with Crippen molar-refractivity contribution in [3.05, 3.63) is 47.5 Å². The number of anilines is 1. The van der Waals surface area contributed by atoms with Gasteiger partial charge in [0.25, 0.3) is 0 Å². The number of pyridine rings is 1. The summed E-state index contributed by atoms with van der Waals surface area (Å²) >= 11 is 0. The van der Waals surface area contributed by atoms with Gasteiger partial charge in [-0.2, -0.15) is 5.26 Å². The van der Waals surface area contributed by atoms with Crippen molar-refractivity contribution in [1.29, 1.82) is 5.26 Å². The molecule has 1 saturated carbocycles. The van der Waals surface area contributed by atoms with E-state index in [0.717, 1.165) is 23.5 Å². The number of hydrogen-bond donors (Lipinski definition) is 1. The lowest BCUT2D eigenvalue weighted by Crippen LogP contribution is -2.19. The van der Waals surface area contributed by atoms with Gasteiger partial charge in [0.1, 0.15) is 5.92 Å². The van der Waals surface area contributed by atoms with Gasteiger partial charge in [0, 0.05) is 18.9 Å². The molecular formula is C19H23N5. The van der Waals surface area contributed by atoms with Crippen LogP contribution < -0.4 is 5.32 Å². The number of aromatic nitrogens is 3. The quantitative estimate of drug-likeness (QED) is 0.906. The Kier molecular flexibility index (Phi) is 5.37. The fourth-order valence-corrected chi connectivity index (χ4v) is 3.27. The van der Waals surface area contributed by atoms with Crippen LogP contribution in [0.1, 0.15) is 55.0 Å². The van der Waals surface area contributed by atoms with Gasteiger partial charge in [-0.3, -0.25) is 4.98 Å². The minimum Gasteiger partial charge on any atom is -0.354 e. The third-order valence-electron chi connectivity index (χ3n) is 4.67. The summed E-state index contributed by atoms with van der Waals surface area (Å²) in [5.41, 5.74) is 2.37. The fraction of sp³-hybridized carbons (Fsp3) is 0.474. The number of nitrogens with zero attached hydrogens (tertiary/aromatic N) is 4. The molecule has 2 heterocycles. The second kappa shape index (κ2) is 7.87. The maximum Gasteiger partial charge on any atom is 0.222 e. The van der Waals surface area contributed by atoms with Crippen LogP contribution in [0.4, 0.5) is 5.95 Å². The molecule has 1 fully saturated rings. The Morgan fingerprint density at radius 3 is 2.79 bits per heavy atom. The van der Waals surface area contributed by atoms with Gasteiger partial charge in [0.05, 0.1) is 17.5 Å². The van der Waals surface area contributed by atoms with Crippen molar-refractivity contribution >= 4 is 5.95 Å². The molecular weight excluding hydrogens is 298 g/mol. The summed E-state index contributed by atoms with van der Waals surface area (Å²) in [6, 6.07) is 7.94. The molecule has 0 spiro atoms. The Labute approximate surface area is 143 Å². The number of rotatable bonds is 5. The molecule has 0 saturated heterocycles. The van der Waals surface area contributed by atoms with E-state index in [1.54, 1.807) is 12.4 Å². The first-order chi connectivity index (χ1) is 11.8. The summed E-state index contributed by atoms with van der Waals surface area (Å²) in [5, 5.41) is 13.0. The maximum atomic E-state index is 9.61. The van der Waals surface area contributed by atoms with Crippen LogP contribution in [0, 0.1) is 24.2 Å². The van der Waals surface area contributed by atoms with E-state index in [4.69, 9.17) is 0 Å². The molecule has 1 unspecified atom stereocenters. The Balaban J connectivity index is 1.77. The van der Waals surface area contributed by atoms with Crippen molar-refractivity contribution in [3.8, 4) is 6.07 Å². The van der Waals surface area contributed by atoms with Gasteiger partial charge in [-0.15, -0.1) is 0 Å². The number of nitriles is 1. The third-order valence-corrected chi connectivity index (χ3v) is 4.67. The smallest absolute Gasteiger partial charge is 0.222 e. The van der Waals surface area contributed by atoms with E-state index in [1.165, 1.54) is 32.1 Å². The van der Waals surface area contributed by atoms with Crippen molar-refractivity contribution in [3.63, 3.8) is 0 Å². The van der Waals surface area contributed by atoms with Crippen LogP contribution >= 0.6 is 0 Å². The summed E-state index contributed by atoms with van der Waals surface area (Å²) in [6.45, 7) is 2.84. The molecule has 0 aromatic carbocycles. The van der Waals surface area contributed by atoms with Crippen LogP contribution in [0.25, 0.3) is 0 Å². The number of hydrogen-bond acceptors (Lipinski definition) is 5. The van der Waals surface area contributed by atoms with E-state index in [0.29, 0.717) is 11.9 Å². The SMILES string of the molecule is Cc1cnc(NCC2CCCCC2)nc1C(C#N)c1ccccn1. The van der Waals surface area contributed by atoms with E-state index in [1.807, 2.05) is 25.1 Å². The zero-order valence-corrected chi connectivity index (χ0v) is 14.1. The first-order valence-electron chi connectivity index (χ1n) is 8.66. The van der Waals surface area contributed by atoms with Gasteiger partial charge in [-0.25, -0.2) is 9.97 Å². The predicted octanol–water partition coefficient (Wildman–Crippen LogP) is 3.83. The first-order valence-corrected chi connectivity index (χ1v) is 8.66. The molecule has 0 bridgehead atoms. The molecule has 1 N–H and O–H groups in total. The molecule has 0 radical (unpaired) electrons. The summed E-state index contributed by atoms with van der Waals surface area (Å²) in [6.07, 6.45) is 10.1. The van der Waals surface area contributed by atoms with E-state index >= 15 is 0 Å². The molecule has 1 aliphatic rings. The van der Waals surface area contributed by atoms with Crippen LogP contribution in [0.5, 0.6) is 0 Å². The Hall–Kier alpha value is -2.48. The zero-order valence-electron chi connectivity index (χ0n) is 14.1. The van der Waals surface area contributed by atoms with Gasteiger partial charge in [-0.05, 0) is 43.4 Å². The minimum atomic E-state index is -0.468. The van der Waals surface area contributed by atoms with Crippen LogP contribution in [-0.4, -0.2) is 21.5 Å². The summed E-state index contributed by atoms with van der Waals surface area (Å²) in [4.78, 5) is 13.3. The van der Waals surface area contributed by atoms with Crippen LogP contribution in [-0.2, 0) is 0 Å². The van der Waals surface area contributed by atoms with Gasteiger partial charge < -0.3 is 5.32 Å². The highest BCUT2D eigenvalue weighted by molar-refractivity contribution is 5.38. The van der Waals surface area contributed by atoms with Crippen molar-refractivity contribution in [2.75, 3.05) is 11.9 Å². The molecule has 24 heavy (non-hydrogen) atoms. The number of aryl methyl sites for hydroxylation is 1. The predicted molar refractivity (Wildman–Crippen MR) is 93.5 cm³/mol. The second-order valence-electron chi connectivity index (χ2n) is 6.46. The van der Waals surface area contributed by atoms with Crippen LogP contribution in [0.2, 0.25) is 0 Å². The van der Waals surface area contributed by atoms with Crippen molar-refractivity contribution in [1.82, 2.24) is 15.0 Å². The molecule has 1 atom stereocenters. The Morgan fingerprint density at radius 2 is 2.08 bits per heavy atom. The molecule has 1 aliphatic carbocycles. The summed E-state index contributed by atoms with van der Waals surface area (Å²) in [7, 11) is 0. The average Bonchev–Trinajstić information content (AvgIpc) is 2.64. The largest absolute Gasteiger partial charge is 0.354 e. The molecule has 0 aliphatic heterocycles. The van der Waals surface area contributed by atoms with E-state index in [2.05, 4.69) is 26.3 Å². The monoisotopic (exact) mass is 321 g/mol. The molecule has 2 aromatic rings. The van der Waals surface area contributed by atoms with Crippen LogP contribution in [0.15, 0.2) is 30.6 Å². The van der Waals surface area contributed by atoms with E-state index < -0.39 is 5.92 Å². The average molecular weight is 321 g/mol. The second-order valence-corrected chi connectivity index (χ2v) is 6.46. The van der Waals surface area contributed by atoms with Gasteiger partial charge in [-0.1, -0.05) is 25.3 Å². The van der Waals surface area contributed by atoms with Gasteiger partial charge in [0.2, 0.25) is 5.95 Å². The highest BCUT2D eigenvalue weighted by Crippen LogP contribution is 2.25. The lowest BCUT2D eigenvalue weighted by molar-refractivity contribution is 0.373. The first kappa shape index (κ1) is 16.4. The van der Waals surface area contributed by atoms with E-state index in [-0.39, 0.29) is 0 Å². The molecule has 0 amide bonds. The zero-order chi connectivity index (χ0) is 16.8. The fourth-order valence-electron chi connectivity index (χ4n) is 3.27. The van der Waals surface area contributed by atoms with Crippen LogP contribution in [0.3, 0.4) is 0 Å². The van der Waals surface area contributed by atoms with Crippen molar-refractivity contribution < 1.29 is 0 Å². The van der Waals surface area contributed by atoms with Gasteiger partial charge in [0.15, 0.2) is 0 Å². The van der Waals surface area contributed by atoms with Crippen molar-refractivity contribution in [2.24, 2.45) is 5.92 Å². The topological polar surface area (TPSA) is 74.5 Å². The molecule has 124 valence electrons. The summed E-state index contributed by atoms with van der Waals surface area (Å²) < 4.78 is 0. The third kappa shape index (κ3) is 3.88. The highest BCUT2D eigenvalue weighted by atomic mass is 15.1. The molecule has 3 rings (SSSR count). The Bertz CT molecular complexity index is 701. The molecule has 5 heteroatoms. The number of nitrogens with one attached hydrogen (secondary N) is 1. The standard InChI is InChI=1S/C19H23N5/c1-14-12-22-19(23-13-15-7-3-2-4-8-15)24-18(14)16(11-20)17-9-5-6-10-21-17/h5-6,9-10,12,15-16H,2-4,7-8,13H2,1H3,(H,22,23,24).